The smallest absolute Gasteiger partial charge is 0.322 e. The van der Waals surface area contributed by atoms with Crippen LogP contribution >= 0.6 is 0 Å². The van der Waals surface area contributed by atoms with E-state index >= 15 is 0 Å². The molecule has 1 N–H and O–H groups in total. The Balaban J connectivity index is 1.85. The molecule has 30 heavy (non-hydrogen) atoms. The van der Waals surface area contributed by atoms with Gasteiger partial charge in [0.25, 0.3) is 5.91 Å². The maximum Gasteiger partial charge on any atom is 0.433 e. The van der Waals surface area contributed by atoms with Crippen molar-refractivity contribution in [3.63, 3.8) is 0 Å². The Morgan fingerprint density at radius 3 is 2.40 bits per heavy atom. The van der Waals surface area contributed by atoms with Crippen LogP contribution in [0.25, 0.3) is 16.9 Å². The molecule has 0 radical (unpaired) electrons. The van der Waals surface area contributed by atoms with Crippen LogP contribution in [0.3, 0.4) is 0 Å². The minimum absolute atomic E-state index is 0.0438. The van der Waals surface area contributed by atoms with Crippen molar-refractivity contribution in [2.75, 3.05) is 5.32 Å². The normalized spacial score (nSPS) is 11.6. The molecule has 0 bridgehead atoms. The summed E-state index contributed by atoms with van der Waals surface area (Å²) < 4.78 is 41.8. The highest BCUT2D eigenvalue weighted by molar-refractivity contribution is 6.08. The second kappa shape index (κ2) is 7.29. The van der Waals surface area contributed by atoms with Gasteiger partial charge in [-0.25, -0.2) is 9.50 Å². The van der Waals surface area contributed by atoms with Gasteiger partial charge in [-0.3, -0.25) is 4.79 Å². The molecular formula is C22H17F3N4O. The van der Waals surface area contributed by atoms with E-state index in [-0.39, 0.29) is 16.9 Å². The molecule has 0 aliphatic heterocycles. The Morgan fingerprint density at radius 1 is 1.03 bits per heavy atom. The molecule has 0 saturated heterocycles. The van der Waals surface area contributed by atoms with E-state index in [1.807, 2.05) is 26.0 Å². The van der Waals surface area contributed by atoms with Crippen LogP contribution in [0.15, 0.2) is 60.8 Å². The number of hydrogen-bond donors (Lipinski definition) is 1. The van der Waals surface area contributed by atoms with Gasteiger partial charge in [-0.15, -0.1) is 0 Å². The molecule has 0 aliphatic carbocycles. The summed E-state index contributed by atoms with van der Waals surface area (Å²) in [4.78, 5) is 17.1. The number of aryl methyl sites for hydroxylation is 2. The van der Waals surface area contributed by atoms with Gasteiger partial charge in [0.05, 0.1) is 11.9 Å². The fourth-order valence-electron chi connectivity index (χ4n) is 3.10. The number of rotatable bonds is 3. The van der Waals surface area contributed by atoms with E-state index in [1.54, 1.807) is 36.4 Å². The topological polar surface area (TPSA) is 59.3 Å². The van der Waals surface area contributed by atoms with Crippen LogP contribution in [0.2, 0.25) is 0 Å². The Morgan fingerprint density at radius 2 is 1.73 bits per heavy atom. The second-order valence-electron chi connectivity index (χ2n) is 6.95. The van der Waals surface area contributed by atoms with Crippen molar-refractivity contribution in [3.05, 3.63) is 83.2 Å². The lowest BCUT2D eigenvalue weighted by molar-refractivity contribution is -0.142. The number of carbonyl (C=O) groups excluding carboxylic acids is 1. The van der Waals surface area contributed by atoms with E-state index in [0.29, 0.717) is 15.8 Å². The van der Waals surface area contributed by atoms with Gasteiger partial charge in [-0.1, -0.05) is 48.0 Å². The molecule has 4 aromatic rings. The molecule has 1 amide bonds. The number of hydrogen-bond acceptors (Lipinski definition) is 3. The average molecular weight is 410 g/mol. The quantitative estimate of drug-likeness (QED) is 0.500. The number of nitrogens with zero attached hydrogens (tertiary/aromatic N) is 3. The van der Waals surface area contributed by atoms with E-state index in [2.05, 4.69) is 15.4 Å². The van der Waals surface area contributed by atoms with E-state index in [1.165, 1.54) is 0 Å². The first-order valence-corrected chi connectivity index (χ1v) is 9.14. The molecule has 0 unspecified atom stereocenters. The van der Waals surface area contributed by atoms with Crippen LogP contribution in [-0.2, 0) is 6.18 Å². The highest BCUT2D eigenvalue weighted by Gasteiger charge is 2.36. The Labute approximate surface area is 170 Å². The van der Waals surface area contributed by atoms with Gasteiger partial charge in [-0.2, -0.15) is 18.3 Å². The first kappa shape index (κ1) is 19.6. The second-order valence-corrected chi connectivity index (χ2v) is 6.95. The van der Waals surface area contributed by atoms with Crippen LogP contribution < -0.4 is 5.32 Å². The van der Waals surface area contributed by atoms with Crippen LogP contribution in [0.1, 0.15) is 27.2 Å². The lowest BCUT2D eigenvalue weighted by Gasteiger charge is -2.12. The Bertz CT molecular complexity index is 1240. The summed E-state index contributed by atoms with van der Waals surface area (Å²) in [6.07, 6.45) is -3.57. The molecule has 0 aliphatic rings. The third-order valence-electron chi connectivity index (χ3n) is 4.75. The highest BCUT2D eigenvalue weighted by atomic mass is 19.4. The summed E-state index contributed by atoms with van der Waals surface area (Å²) >= 11 is 0. The summed E-state index contributed by atoms with van der Waals surface area (Å²) in [5.41, 5.74) is 1.78. The molecule has 0 spiro atoms. The number of alkyl halides is 3. The van der Waals surface area contributed by atoms with Gasteiger partial charge in [-0.05, 0) is 31.5 Å². The number of carbonyl (C=O) groups is 1. The van der Waals surface area contributed by atoms with Gasteiger partial charge < -0.3 is 5.32 Å². The Kier molecular flexibility index (Phi) is 4.77. The molecule has 0 saturated carbocycles. The van der Waals surface area contributed by atoms with Crippen molar-refractivity contribution in [2.24, 2.45) is 0 Å². The van der Waals surface area contributed by atoms with E-state index in [4.69, 9.17) is 0 Å². The van der Waals surface area contributed by atoms with Crippen molar-refractivity contribution in [1.82, 2.24) is 14.6 Å². The lowest BCUT2D eigenvalue weighted by Crippen LogP contribution is -2.16. The average Bonchev–Trinajstić information content (AvgIpc) is 3.13. The number of amides is 1. The van der Waals surface area contributed by atoms with Crippen LogP contribution in [-0.4, -0.2) is 20.5 Å². The number of aromatic nitrogens is 3. The zero-order chi connectivity index (χ0) is 21.5. The standard InChI is InChI=1S/C22H17F3N4O/c1-13-7-9-15(10-8-13)18-11-19(22(23,24)25)29-20(27-18)16(12-26-29)21(30)28-17-6-4-3-5-14(17)2/h3-12H,1-2H3,(H,28,30). The van der Waals surface area contributed by atoms with Crippen molar-refractivity contribution in [3.8, 4) is 11.3 Å². The largest absolute Gasteiger partial charge is 0.433 e. The summed E-state index contributed by atoms with van der Waals surface area (Å²) in [6, 6.07) is 15.0. The van der Waals surface area contributed by atoms with Gasteiger partial charge in [0.1, 0.15) is 5.56 Å². The number of para-hydroxylation sites is 1. The summed E-state index contributed by atoms with van der Waals surface area (Å²) in [6.45, 7) is 3.70. The maximum atomic E-state index is 13.7. The van der Waals surface area contributed by atoms with Crippen LogP contribution in [0.5, 0.6) is 0 Å². The third kappa shape index (κ3) is 3.63. The molecule has 0 atom stereocenters. The number of fused-ring (bicyclic) bond motifs is 1. The number of nitrogens with one attached hydrogen (secondary N) is 1. The monoisotopic (exact) mass is 410 g/mol. The molecule has 4 rings (SSSR count). The van der Waals surface area contributed by atoms with Gasteiger partial charge in [0, 0.05) is 11.3 Å². The minimum atomic E-state index is -4.67. The van der Waals surface area contributed by atoms with E-state index < -0.39 is 17.8 Å². The van der Waals surface area contributed by atoms with E-state index in [9.17, 15) is 18.0 Å². The van der Waals surface area contributed by atoms with Crippen LogP contribution in [0.4, 0.5) is 18.9 Å². The molecule has 8 heteroatoms. The highest BCUT2D eigenvalue weighted by Crippen LogP contribution is 2.33. The Hall–Kier alpha value is -3.68. The van der Waals surface area contributed by atoms with Gasteiger partial charge in [0.2, 0.25) is 0 Å². The fourth-order valence-corrected chi connectivity index (χ4v) is 3.10. The molecule has 152 valence electrons. The van der Waals surface area contributed by atoms with Crippen LogP contribution in [0, 0.1) is 13.8 Å². The van der Waals surface area contributed by atoms with Gasteiger partial charge in [0.15, 0.2) is 11.3 Å². The predicted molar refractivity (Wildman–Crippen MR) is 107 cm³/mol. The van der Waals surface area contributed by atoms with E-state index in [0.717, 1.165) is 23.4 Å². The molecule has 0 fully saturated rings. The molecule has 2 aromatic carbocycles. The fraction of sp³-hybridized carbons (Fsp3) is 0.136. The molecule has 2 heterocycles. The number of anilines is 1. The van der Waals surface area contributed by atoms with Crippen molar-refractivity contribution >= 4 is 17.2 Å². The molecule has 5 nitrogen and oxygen atoms in total. The summed E-state index contributed by atoms with van der Waals surface area (Å²) in [7, 11) is 0. The first-order valence-electron chi connectivity index (χ1n) is 9.14. The lowest BCUT2D eigenvalue weighted by atomic mass is 10.1. The zero-order valence-corrected chi connectivity index (χ0v) is 16.2. The predicted octanol–water partition coefficient (Wildman–Crippen LogP) is 5.28. The summed E-state index contributed by atoms with van der Waals surface area (Å²) in [5, 5.41) is 6.51. The SMILES string of the molecule is Cc1ccc(-c2cc(C(F)(F)F)n3ncc(C(=O)Nc4ccccc4C)c3n2)cc1. The zero-order valence-electron chi connectivity index (χ0n) is 16.2. The molecule has 2 aromatic heterocycles. The van der Waals surface area contributed by atoms with Crippen molar-refractivity contribution in [1.29, 1.82) is 0 Å². The summed E-state index contributed by atoms with van der Waals surface area (Å²) in [5.74, 6) is -0.582. The maximum absolute atomic E-state index is 13.7. The molecular weight excluding hydrogens is 393 g/mol. The van der Waals surface area contributed by atoms with Crippen molar-refractivity contribution in [2.45, 2.75) is 20.0 Å². The number of benzene rings is 2. The minimum Gasteiger partial charge on any atom is -0.322 e. The van der Waals surface area contributed by atoms with Gasteiger partial charge >= 0.3 is 6.18 Å². The third-order valence-corrected chi connectivity index (χ3v) is 4.75. The number of halogens is 3. The first-order chi connectivity index (χ1) is 14.2. The van der Waals surface area contributed by atoms with Crippen molar-refractivity contribution < 1.29 is 18.0 Å².